The number of rotatable bonds is 6. The quantitative estimate of drug-likeness (QED) is 0.640. The van der Waals surface area contributed by atoms with Gasteiger partial charge in [0, 0.05) is 6.61 Å². The predicted molar refractivity (Wildman–Crippen MR) is 53.1 cm³/mol. The van der Waals surface area contributed by atoms with Gasteiger partial charge in [0.25, 0.3) is 0 Å². The van der Waals surface area contributed by atoms with Crippen molar-refractivity contribution in [3.8, 4) is 6.07 Å². The summed E-state index contributed by atoms with van der Waals surface area (Å²) in [5.74, 6) is 0. The number of ether oxygens (including phenoxy) is 1. The fourth-order valence-electron chi connectivity index (χ4n) is 0.898. The van der Waals surface area contributed by atoms with Gasteiger partial charge in [-0.25, -0.2) is 0 Å². The van der Waals surface area contributed by atoms with Gasteiger partial charge in [-0.3, -0.25) is 0 Å². The fraction of sp³-hybridized carbons (Fsp3) is 0.900. The molecule has 2 unspecified atom stereocenters. The van der Waals surface area contributed by atoms with Crippen molar-refractivity contribution in [2.75, 3.05) is 6.61 Å². The van der Waals surface area contributed by atoms with E-state index in [-0.39, 0.29) is 0 Å². The summed E-state index contributed by atoms with van der Waals surface area (Å²) in [5.41, 5.74) is 4.95. The van der Waals surface area contributed by atoms with Gasteiger partial charge in [0.15, 0.2) is 0 Å². The van der Waals surface area contributed by atoms with Crippen molar-refractivity contribution in [3.05, 3.63) is 0 Å². The highest BCUT2D eigenvalue weighted by atomic mass is 16.5. The van der Waals surface area contributed by atoms with Crippen LogP contribution in [0.25, 0.3) is 0 Å². The first-order chi connectivity index (χ1) is 6.02. The summed E-state index contributed by atoms with van der Waals surface area (Å²) in [7, 11) is 0. The van der Waals surface area contributed by atoms with Crippen LogP contribution < -0.4 is 5.73 Å². The molecule has 0 saturated heterocycles. The first kappa shape index (κ1) is 12.4. The smallest absolute Gasteiger partial charge is 0.101 e. The first-order valence-corrected chi connectivity index (χ1v) is 4.83. The van der Waals surface area contributed by atoms with E-state index in [1.54, 1.807) is 6.92 Å². The van der Waals surface area contributed by atoms with E-state index in [2.05, 4.69) is 13.0 Å². The van der Waals surface area contributed by atoms with E-state index in [4.69, 9.17) is 15.7 Å². The van der Waals surface area contributed by atoms with E-state index in [0.29, 0.717) is 19.1 Å². The maximum absolute atomic E-state index is 8.63. The molecule has 2 N–H and O–H groups in total. The Morgan fingerprint density at radius 1 is 1.62 bits per heavy atom. The monoisotopic (exact) mass is 184 g/mol. The Kier molecular flexibility index (Phi) is 5.68. The van der Waals surface area contributed by atoms with Crippen molar-refractivity contribution in [1.29, 1.82) is 5.26 Å². The highest BCUT2D eigenvalue weighted by Gasteiger charge is 2.16. The Morgan fingerprint density at radius 3 is 2.69 bits per heavy atom. The lowest BCUT2D eigenvalue weighted by molar-refractivity contribution is 0.0595. The Labute approximate surface area is 80.9 Å². The molecule has 0 aliphatic heterocycles. The third-order valence-electron chi connectivity index (χ3n) is 2.07. The predicted octanol–water partition coefficient (Wildman–Crippen LogP) is 1.82. The van der Waals surface area contributed by atoms with Crippen molar-refractivity contribution in [3.63, 3.8) is 0 Å². The molecule has 0 aromatic rings. The van der Waals surface area contributed by atoms with Crippen molar-refractivity contribution >= 4 is 0 Å². The van der Waals surface area contributed by atoms with Gasteiger partial charge in [-0.2, -0.15) is 5.26 Å². The Hall–Kier alpha value is -0.590. The fourth-order valence-corrected chi connectivity index (χ4v) is 0.898. The van der Waals surface area contributed by atoms with Gasteiger partial charge in [-0.1, -0.05) is 6.92 Å². The molecule has 0 aliphatic rings. The van der Waals surface area contributed by atoms with Crippen LogP contribution in [0.5, 0.6) is 0 Å². The van der Waals surface area contributed by atoms with Gasteiger partial charge in [-0.15, -0.1) is 0 Å². The van der Waals surface area contributed by atoms with E-state index < -0.39 is 5.54 Å². The molecule has 3 nitrogen and oxygen atoms in total. The Bertz CT molecular complexity index is 172. The van der Waals surface area contributed by atoms with E-state index in [1.165, 1.54) is 0 Å². The van der Waals surface area contributed by atoms with Crippen LogP contribution in [-0.2, 0) is 4.74 Å². The van der Waals surface area contributed by atoms with E-state index >= 15 is 0 Å². The zero-order valence-corrected chi connectivity index (χ0v) is 8.84. The van der Waals surface area contributed by atoms with Crippen molar-refractivity contribution in [2.24, 2.45) is 5.73 Å². The van der Waals surface area contributed by atoms with Crippen LogP contribution in [0.15, 0.2) is 0 Å². The molecule has 0 amide bonds. The minimum absolute atomic E-state index is 0.311. The average molecular weight is 184 g/mol. The van der Waals surface area contributed by atoms with Crippen LogP contribution in [0.4, 0.5) is 0 Å². The number of nitriles is 1. The summed E-state index contributed by atoms with van der Waals surface area (Å²) in [6, 6.07) is 2.07. The topological polar surface area (TPSA) is 59.0 Å². The highest BCUT2D eigenvalue weighted by molar-refractivity contribution is 5.00. The molecule has 0 bridgehead atoms. The summed E-state index contributed by atoms with van der Waals surface area (Å²) in [6.07, 6.45) is 2.88. The standard InChI is InChI=1S/C10H20N2O/c1-4-9(2)13-7-5-6-10(3,12)8-11/h9H,4-7,12H2,1-3H3. The number of nitrogens with two attached hydrogens (primary N) is 1. The number of hydrogen-bond acceptors (Lipinski definition) is 3. The second-order valence-electron chi connectivity index (χ2n) is 3.72. The molecule has 0 aromatic carbocycles. The van der Waals surface area contributed by atoms with Crippen molar-refractivity contribution in [2.45, 2.75) is 51.7 Å². The van der Waals surface area contributed by atoms with Crippen LogP contribution in [-0.4, -0.2) is 18.2 Å². The lowest BCUT2D eigenvalue weighted by Crippen LogP contribution is -2.34. The van der Waals surface area contributed by atoms with Gasteiger partial charge in [0.05, 0.1) is 12.2 Å². The summed E-state index contributed by atoms with van der Waals surface area (Å²) >= 11 is 0. The second-order valence-corrected chi connectivity index (χ2v) is 3.72. The van der Waals surface area contributed by atoms with E-state index in [1.807, 2.05) is 6.92 Å². The molecule has 76 valence electrons. The maximum atomic E-state index is 8.63. The SMILES string of the molecule is CCC(C)OCCCC(C)(N)C#N. The van der Waals surface area contributed by atoms with Crippen LogP contribution >= 0.6 is 0 Å². The first-order valence-electron chi connectivity index (χ1n) is 4.83. The molecule has 0 rings (SSSR count). The molecule has 13 heavy (non-hydrogen) atoms. The normalized spacial score (nSPS) is 17.5. The molecule has 0 fully saturated rings. The summed E-state index contributed by atoms with van der Waals surface area (Å²) in [6.45, 7) is 6.58. The third kappa shape index (κ3) is 6.56. The highest BCUT2D eigenvalue weighted by Crippen LogP contribution is 2.08. The molecule has 3 heteroatoms. The molecule has 0 saturated carbocycles. The van der Waals surface area contributed by atoms with E-state index in [0.717, 1.165) is 12.8 Å². The summed E-state index contributed by atoms with van der Waals surface area (Å²) < 4.78 is 5.47. The summed E-state index contributed by atoms with van der Waals surface area (Å²) in [5, 5.41) is 8.63. The zero-order chi connectivity index (χ0) is 10.3. The molecule has 2 atom stereocenters. The van der Waals surface area contributed by atoms with Crippen molar-refractivity contribution < 1.29 is 4.74 Å². The lowest BCUT2D eigenvalue weighted by Gasteiger charge is -2.16. The lowest BCUT2D eigenvalue weighted by atomic mass is 10.00. The molecule has 0 aliphatic carbocycles. The van der Waals surface area contributed by atoms with Crippen LogP contribution in [0.3, 0.4) is 0 Å². The Balaban J connectivity index is 3.42. The van der Waals surface area contributed by atoms with Gasteiger partial charge >= 0.3 is 0 Å². The molecule has 0 heterocycles. The third-order valence-corrected chi connectivity index (χ3v) is 2.07. The Morgan fingerprint density at radius 2 is 2.23 bits per heavy atom. The average Bonchev–Trinajstić information content (AvgIpc) is 2.12. The van der Waals surface area contributed by atoms with Gasteiger partial charge < -0.3 is 10.5 Å². The maximum Gasteiger partial charge on any atom is 0.101 e. The molecule has 0 aromatic heterocycles. The molecular formula is C10H20N2O. The van der Waals surface area contributed by atoms with Crippen LogP contribution in [0.1, 0.15) is 40.0 Å². The largest absolute Gasteiger partial charge is 0.379 e. The number of nitrogens with zero attached hydrogens (tertiary/aromatic N) is 1. The van der Waals surface area contributed by atoms with Crippen molar-refractivity contribution in [1.82, 2.24) is 0 Å². The van der Waals surface area contributed by atoms with Crippen LogP contribution in [0, 0.1) is 11.3 Å². The van der Waals surface area contributed by atoms with E-state index in [9.17, 15) is 0 Å². The second kappa shape index (κ2) is 5.95. The number of hydrogen-bond donors (Lipinski definition) is 1. The van der Waals surface area contributed by atoms with Gasteiger partial charge in [0.2, 0.25) is 0 Å². The zero-order valence-electron chi connectivity index (χ0n) is 8.84. The molecular weight excluding hydrogens is 164 g/mol. The van der Waals surface area contributed by atoms with Gasteiger partial charge in [-0.05, 0) is 33.1 Å². The van der Waals surface area contributed by atoms with Gasteiger partial charge in [0.1, 0.15) is 5.54 Å². The molecule has 0 spiro atoms. The minimum atomic E-state index is -0.696. The van der Waals surface area contributed by atoms with Crippen LogP contribution in [0.2, 0.25) is 0 Å². The minimum Gasteiger partial charge on any atom is -0.379 e. The summed E-state index contributed by atoms with van der Waals surface area (Å²) in [4.78, 5) is 0. The molecule has 0 radical (unpaired) electrons.